The first-order valence-corrected chi connectivity index (χ1v) is 6.96. The van der Waals surface area contributed by atoms with Crippen molar-refractivity contribution in [1.29, 1.82) is 0 Å². The van der Waals surface area contributed by atoms with Gasteiger partial charge in [-0.15, -0.1) is 0 Å². The van der Waals surface area contributed by atoms with E-state index in [0.29, 0.717) is 23.6 Å². The SMILES string of the molecule is O[C@H]1Cc2ccccc2[C@H]1NCc1cc(Cl)ccc1F. The van der Waals surface area contributed by atoms with E-state index in [0.717, 1.165) is 11.1 Å². The van der Waals surface area contributed by atoms with Gasteiger partial charge in [0.05, 0.1) is 12.1 Å². The molecule has 2 atom stereocenters. The number of hydrogen-bond donors (Lipinski definition) is 2. The molecule has 0 unspecified atom stereocenters. The van der Waals surface area contributed by atoms with Crippen LogP contribution in [0.25, 0.3) is 0 Å². The summed E-state index contributed by atoms with van der Waals surface area (Å²) in [6, 6.07) is 12.3. The standard InChI is InChI=1S/C16H15ClFNO/c17-12-5-6-14(18)11(7-12)9-19-16-13-4-2-1-3-10(13)8-15(16)20/h1-7,15-16,19-20H,8-9H2/t15-,16+/m0/s1. The number of rotatable bonds is 3. The van der Waals surface area contributed by atoms with Gasteiger partial charge in [-0.1, -0.05) is 35.9 Å². The first kappa shape index (κ1) is 13.6. The van der Waals surface area contributed by atoms with Crippen LogP contribution in [0.5, 0.6) is 0 Å². The van der Waals surface area contributed by atoms with Crippen molar-refractivity contribution in [3.63, 3.8) is 0 Å². The normalized spacial score (nSPS) is 20.9. The summed E-state index contributed by atoms with van der Waals surface area (Å²) in [4.78, 5) is 0. The van der Waals surface area contributed by atoms with Crippen LogP contribution in [-0.2, 0) is 13.0 Å². The number of benzene rings is 2. The van der Waals surface area contributed by atoms with E-state index in [1.807, 2.05) is 24.3 Å². The Kier molecular flexibility index (Phi) is 3.74. The van der Waals surface area contributed by atoms with Crippen molar-refractivity contribution in [2.45, 2.75) is 25.1 Å². The molecule has 0 aliphatic heterocycles. The van der Waals surface area contributed by atoms with E-state index in [2.05, 4.69) is 5.32 Å². The molecule has 1 aliphatic rings. The number of nitrogens with one attached hydrogen (secondary N) is 1. The predicted octanol–water partition coefficient (Wildman–Crippen LogP) is 3.23. The zero-order valence-electron chi connectivity index (χ0n) is 10.8. The van der Waals surface area contributed by atoms with Crippen molar-refractivity contribution in [3.05, 3.63) is 70.0 Å². The Labute approximate surface area is 122 Å². The van der Waals surface area contributed by atoms with Crippen molar-refractivity contribution < 1.29 is 9.50 Å². The summed E-state index contributed by atoms with van der Waals surface area (Å²) >= 11 is 5.88. The lowest BCUT2D eigenvalue weighted by Crippen LogP contribution is -2.28. The molecule has 2 N–H and O–H groups in total. The van der Waals surface area contributed by atoms with Crippen molar-refractivity contribution >= 4 is 11.6 Å². The van der Waals surface area contributed by atoms with Crippen molar-refractivity contribution in [1.82, 2.24) is 5.32 Å². The monoisotopic (exact) mass is 291 g/mol. The molecule has 0 heterocycles. The van der Waals surface area contributed by atoms with Gasteiger partial charge in [0.15, 0.2) is 0 Å². The number of aliphatic hydroxyl groups excluding tert-OH is 1. The number of hydrogen-bond acceptors (Lipinski definition) is 2. The van der Waals surface area contributed by atoms with Crippen LogP contribution in [0.4, 0.5) is 4.39 Å². The van der Waals surface area contributed by atoms with Gasteiger partial charge < -0.3 is 10.4 Å². The fourth-order valence-electron chi connectivity index (χ4n) is 2.72. The molecule has 4 heteroatoms. The summed E-state index contributed by atoms with van der Waals surface area (Å²) in [6.45, 7) is 0.336. The summed E-state index contributed by atoms with van der Waals surface area (Å²) in [7, 11) is 0. The van der Waals surface area contributed by atoms with Crippen LogP contribution in [0.1, 0.15) is 22.7 Å². The Bertz CT molecular complexity index is 632. The van der Waals surface area contributed by atoms with E-state index in [-0.39, 0.29) is 11.9 Å². The van der Waals surface area contributed by atoms with Gasteiger partial charge in [0.2, 0.25) is 0 Å². The highest BCUT2D eigenvalue weighted by Gasteiger charge is 2.30. The second-order valence-corrected chi connectivity index (χ2v) is 5.50. The molecule has 0 amide bonds. The lowest BCUT2D eigenvalue weighted by molar-refractivity contribution is 0.140. The van der Waals surface area contributed by atoms with E-state index >= 15 is 0 Å². The fraction of sp³-hybridized carbons (Fsp3) is 0.250. The molecule has 2 aromatic carbocycles. The van der Waals surface area contributed by atoms with Gasteiger partial charge in [0, 0.05) is 23.6 Å². The summed E-state index contributed by atoms with van der Waals surface area (Å²) in [6.07, 6.45) is 0.154. The van der Waals surface area contributed by atoms with Gasteiger partial charge >= 0.3 is 0 Å². The molecule has 104 valence electrons. The minimum atomic E-state index is -0.477. The van der Waals surface area contributed by atoms with Gasteiger partial charge in [-0.3, -0.25) is 0 Å². The molecule has 0 spiro atoms. The lowest BCUT2D eigenvalue weighted by atomic mass is 10.1. The maximum absolute atomic E-state index is 13.7. The van der Waals surface area contributed by atoms with Gasteiger partial charge in [0.1, 0.15) is 5.82 Å². The van der Waals surface area contributed by atoms with E-state index in [1.165, 1.54) is 12.1 Å². The summed E-state index contributed by atoms with van der Waals surface area (Å²) in [5.41, 5.74) is 2.74. The quantitative estimate of drug-likeness (QED) is 0.910. The first-order valence-electron chi connectivity index (χ1n) is 6.58. The van der Waals surface area contributed by atoms with Crippen molar-refractivity contribution in [2.75, 3.05) is 0 Å². The average Bonchev–Trinajstić information content (AvgIpc) is 2.75. The molecule has 2 aromatic rings. The van der Waals surface area contributed by atoms with Crippen LogP contribution in [0.15, 0.2) is 42.5 Å². The minimum Gasteiger partial charge on any atom is -0.391 e. The van der Waals surface area contributed by atoms with Gasteiger partial charge in [-0.2, -0.15) is 0 Å². The van der Waals surface area contributed by atoms with E-state index in [4.69, 9.17) is 11.6 Å². The zero-order chi connectivity index (χ0) is 14.1. The van der Waals surface area contributed by atoms with Crippen molar-refractivity contribution in [3.8, 4) is 0 Å². The molecule has 1 aliphatic carbocycles. The third-order valence-corrected chi connectivity index (χ3v) is 3.96. The van der Waals surface area contributed by atoms with Gasteiger partial charge in [0.25, 0.3) is 0 Å². The molecule has 0 fully saturated rings. The highest BCUT2D eigenvalue weighted by Crippen LogP contribution is 2.31. The number of halogens is 2. The smallest absolute Gasteiger partial charge is 0.127 e. The molecule has 0 bridgehead atoms. The fourth-order valence-corrected chi connectivity index (χ4v) is 2.91. The Balaban J connectivity index is 1.77. The molecule has 20 heavy (non-hydrogen) atoms. The highest BCUT2D eigenvalue weighted by molar-refractivity contribution is 6.30. The lowest BCUT2D eigenvalue weighted by Gasteiger charge is -2.18. The molecular weight excluding hydrogens is 277 g/mol. The largest absolute Gasteiger partial charge is 0.391 e. The second-order valence-electron chi connectivity index (χ2n) is 5.06. The van der Waals surface area contributed by atoms with Crippen LogP contribution in [0, 0.1) is 5.82 Å². The van der Waals surface area contributed by atoms with Crippen LogP contribution in [0.3, 0.4) is 0 Å². The predicted molar refractivity (Wildman–Crippen MR) is 77.1 cm³/mol. The molecule has 0 aromatic heterocycles. The van der Waals surface area contributed by atoms with Crippen LogP contribution < -0.4 is 5.32 Å². The van der Waals surface area contributed by atoms with Gasteiger partial charge in [-0.25, -0.2) is 4.39 Å². The summed E-state index contributed by atoms with van der Waals surface area (Å²) < 4.78 is 13.7. The number of aliphatic hydroxyl groups is 1. The molecular formula is C16H15ClFNO. The van der Waals surface area contributed by atoms with Crippen molar-refractivity contribution in [2.24, 2.45) is 0 Å². The minimum absolute atomic E-state index is 0.162. The Morgan fingerprint density at radius 3 is 2.90 bits per heavy atom. The molecule has 2 nitrogen and oxygen atoms in total. The third kappa shape index (κ3) is 2.57. The molecule has 0 saturated heterocycles. The van der Waals surface area contributed by atoms with E-state index in [9.17, 15) is 9.50 Å². The Morgan fingerprint density at radius 2 is 2.05 bits per heavy atom. The maximum atomic E-state index is 13.7. The molecule has 3 rings (SSSR count). The Morgan fingerprint density at radius 1 is 1.25 bits per heavy atom. The Hall–Kier alpha value is -1.42. The van der Waals surface area contributed by atoms with Crippen LogP contribution >= 0.6 is 11.6 Å². The van der Waals surface area contributed by atoms with Crippen LogP contribution in [-0.4, -0.2) is 11.2 Å². The van der Waals surface area contributed by atoms with Gasteiger partial charge in [-0.05, 0) is 29.3 Å². The first-order chi connectivity index (χ1) is 9.65. The maximum Gasteiger partial charge on any atom is 0.127 e. The summed E-state index contributed by atoms with van der Waals surface area (Å²) in [5, 5.41) is 13.9. The third-order valence-electron chi connectivity index (χ3n) is 3.72. The van der Waals surface area contributed by atoms with Crippen LogP contribution in [0.2, 0.25) is 5.02 Å². The highest BCUT2D eigenvalue weighted by atomic mass is 35.5. The van der Waals surface area contributed by atoms with E-state index in [1.54, 1.807) is 6.07 Å². The van der Waals surface area contributed by atoms with E-state index < -0.39 is 6.10 Å². The molecule has 0 radical (unpaired) electrons. The topological polar surface area (TPSA) is 32.3 Å². The average molecular weight is 292 g/mol. The second kappa shape index (κ2) is 5.52. The zero-order valence-corrected chi connectivity index (χ0v) is 11.6. The number of fused-ring (bicyclic) bond motifs is 1. The summed E-state index contributed by atoms with van der Waals surface area (Å²) in [5.74, 6) is -0.289. The molecule has 0 saturated carbocycles.